The first kappa shape index (κ1) is 26.2. The van der Waals surface area contributed by atoms with Crippen molar-refractivity contribution in [2.75, 3.05) is 5.73 Å². The molecule has 1 aromatic heterocycles. The monoisotopic (exact) mass is 554 g/mol. The molecule has 0 unspecified atom stereocenters. The van der Waals surface area contributed by atoms with Crippen molar-refractivity contribution < 1.29 is 14.3 Å². The molecule has 1 aliphatic carbocycles. The molecule has 2 aromatic carbocycles. The average molecular weight is 555 g/mol. The van der Waals surface area contributed by atoms with Gasteiger partial charge in [0.15, 0.2) is 0 Å². The van der Waals surface area contributed by atoms with Gasteiger partial charge in [-0.05, 0) is 61.9 Å². The second-order valence-electron chi connectivity index (χ2n) is 9.45. The van der Waals surface area contributed by atoms with E-state index >= 15 is 4.39 Å². The molecule has 190 valence electrons. The number of aliphatic hydroxyl groups excluding tert-OH is 1. The van der Waals surface area contributed by atoms with E-state index < -0.39 is 11.7 Å². The maximum atomic E-state index is 15.2. The predicted molar refractivity (Wildman–Crippen MR) is 143 cm³/mol. The molecule has 0 saturated heterocycles. The van der Waals surface area contributed by atoms with E-state index in [-0.39, 0.29) is 29.4 Å². The highest BCUT2D eigenvalue weighted by Crippen LogP contribution is 2.34. The second-order valence-corrected chi connectivity index (χ2v) is 10.4. The average Bonchev–Trinajstić information content (AvgIpc) is 2.87. The summed E-state index contributed by atoms with van der Waals surface area (Å²) in [6.07, 6.45) is 7.19. The van der Waals surface area contributed by atoms with Crippen molar-refractivity contribution in [2.24, 2.45) is 0 Å². The highest BCUT2D eigenvalue weighted by atomic mass is 79.9. The van der Waals surface area contributed by atoms with Crippen LogP contribution in [0.2, 0.25) is 0 Å². The van der Waals surface area contributed by atoms with Crippen LogP contribution in [-0.4, -0.2) is 27.1 Å². The number of anilines is 1. The summed E-state index contributed by atoms with van der Waals surface area (Å²) in [7, 11) is 0. The van der Waals surface area contributed by atoms with Crippen molar-refractivity contribution in [3.8, 4) is 11.3 Å². The zero-order chi connectivity index (χ0) is 25.7. The maximum absolute atomic E-state index is 15.2. The Morgan fingerprint density at radius 1 is 1.22 bits per heavy atom. The number of hydrogen-bond donors (Lipinski definition) is 3. The molecule has 1 atom stereocenters. The van der Waals surface area contributed by atoms with E-state index in [9.17, 15) is 9.90 Å². The summed E-state index contributed by atoms with van der Waals surface area (Å²) in [6, 6.07) is 12.0. The van der Waals surface area contributed by atoms with E-state index in [0.29, 0.717) is 11.3 Å². The lowest BCUT2D eigenvalue weighted by Gasteiger charge is -2.25. The maximum Gasteiger partial charge on any atom is 0.254 e. The molecule has 0 radical (unpaired) electrons. The first-order valence-corrected chi connectivity index (χ1v) is 13.3. The number of nitrogens with one attached hydrogen (secondary N) is 1. The number of aliphatic hydroxyl groups is 1. The Bertz CT molecular complexity index is 1210. The Morgan fingerprint density at radius 2 is 2.00 bits per heavy atom. The number of hydrogen-bond acceptors (Lipinski definition) is 5. The minimum atomic E-state index is -0.638. The molecule has 1 heterocycles. The summed E-state index contributed by atoms with van der Waals surface area (Å²) in [6.45, 7) is 2.10. The van der Waals surface area contributed by atoms with Crippen LogP contribution in [0, 0.1) is 5.82 Å². The molecular weight excluding hydrogens is 523 g/mol. The van der Waals surface area contributed by atoms with Crippen LogP contribution >= 0.6 is 15.9 Å². The Balaban J connectivity index is 1.55. The molecule has 8 heteroatoms. The number of unbranched alkanes of at least 4 members (excludes halogenated alkanes) is 1. The van der Waals surface area contributed by atoms with Gasteiger partial charge in [0.05, 0.1) is 29.6 Å². The van der Waals surface area contributed by atoms with Crippen LogP contribution in [0.15, 0.2) is 53.1 Å². The van der Waals surface area contributed by atoms with E-state index in [2.05, 4.69) is 33.2 Å². The lowest BCUT2D eigenvalue weighted by atomic mass is 9.85. The Kier molecular flexibility index (Phi) is 8.69. The highest BCUT2D eigenvalue weighted by Gasteiger charge is 2.24. The van der Waals surface area contributed by atoms with Gasteiger partial charge in [0, 0.05) is 16.0 Å². The number of rotatable bonds is 8. The third-order valence-corrected chi connectivity index (χ3v) is 7.32. The van der Waals surface area contributed by atoms with Crippen LogP contribution in [0.5, 0.6) is 0 Å². The normalized spacial score (nSPS) is 18.6. The number of carbonyl (C=O) groups excluding carboxylic acids is 1. The standard InChI is InChI=1S/C28H32BrFN4O2/c1-2-3-7-24(18-5-4-6-20(29)14-18)34-28(36)22-13-10-19(15-23(22)30)26-27(31)32-16-25(33-26)17-8-11-21(35)12-9-17/h4-6,10,13-17,21,24,35H,2-3,7-9,11-12H2,1H3,(H2,31,32)(H,34,36)/t17?,21?,24-/m1/s1. The van der Waals surface area contributed by atoms with Crippen LogP contribution in [-0.2, 0) is 0 Å². The molecule has 0 spiro atoms. The molecule has 1 fully saturated rings. The van der Waals surface area contributed by atoms with Crippen molar-refractivity contribution in [3.05, 3.63) is 75.8 Å². The molecular formula is C28H32BrFN4O2. The second kappa shape index (κ2) is 11.9. The van der Waals surface area contributed by atoms with Crippen molar-refractivity contribution in [2.45, 2.75) is 69.9 Å². The minimum absolute atomic E-state index is 0.0285. The third kappa shape index (κ3) is 6.28. The molecule has 1 amide bonds. The van der Waals surface area contributed by atoms with Crippen LogP contribution < -0.4 is 11.1 Å². The van der Waals surface area contributed by atoms with Gasteiger partial charge < -0.3 is 16.2 Å². The molecule has 0 aliphatic heterocycles. The van der Waals surface area contributed by atoms with Gasteiger partial charge in [-0.2, -0.15) is 0 Å². The largest absolute Gasteiger partial charge is 0.393 e. The summed E-state index contributed by atoms with van der Waals surface area (Å²) >= 11 is 3.49. The van der Waals surface area contributed by atoms with Crippen LogP contribution in [0.4, 0.5) is 10.2 Å². The molecule has 4 N–H and O–H groups in total. The zero-order valence-electron chi connectivity index (χ0n) is 20.4. The van der Waals surface area contributed by atoms with Crippen molar-refractivity contribution in [1.29, 1.82) is 0 Å². The van der Waals surface area contributed by atoms with Gasteiger partial charge in [-0.25, -0.2) is 14.4 Å². The van der Waals surface area contributed by atoms with Gasteiger partial charge in [-0.3, -0.25) is 4.79 Å². The Hall–Kier alpha value is -2.84. The number of nitrogen functional groups attached to an aromatic ring is 1. The zero-order valence-corrected chi connectivity index (χ0v) is 22.0. The third-order valence-electron chi connectivity index (χ3n) is 6.82. The van der Waals surface area contributed by atoms with Gasteiger partial charge in [0.2, 0.25) is 0 Å². The van der Waals surface area contributed by atoms with Crippen LogP contribution in [0.25, 0.3) is 11.3 Å². The van der Waals surface area contributed by atoms with Crippen molar-refractivity contribution in [1.82, 2.24) is 15.3 Å². The SMILES string of the molecule is CCCC[C@@H](NC(=O)c1ccc(-c2nc(C3CCC(O)CC3)cnc2N)cc1F)c1cccc(Br)c1. The van der Waals surface area contributed by atoms with E-state index in [0.717, 1.165) is 60.7 Å². The Morgan fingerprint density at radius 3 is 2.69 bits per heavy atom. The molecule has 0 bridgehead atoms. The number of nitrogens with zero attached hydrogens (tertiary/aromatic N) is 2. The fourth-order valence-corrected chi connectivity index (χ4v) is 5.15. The summed E-state index contributed by atoms with van der Waals surface area (Å²) in [5, 5.41) is 12.8. The predicted octanol–water partition coefficient (Wildman–Crippen LogP) is 6.31. The van der Waals surface area contributed by atoms with Gasteiger partial charge in [0.25, 0.3) is 5.91 Å². The quantitative estimate of drug-likeness (QED) is 0.303. The summed E-state index contributed by atoms with van der Waals surface area (Å²) < 4.78 is 16.1. The topological polar surface area (TPSA) is 101 Å². The molecule has 1 aliphatic rings. The van der Waals surface area contributed by atoms with Crippen molar-refractivity contribution >= 4 is 27.7 Å². The number of amides is 1. The first-order valence-electron chi connectivity index (χ1n) is 12.5. The number of halogens is 2. The fourth-order valence-electron chi connectivity index (χ4n) is 4.73. The summed E-state index contributed by atoms with van der Waals surface area (Å²) in [5.41, 5.74) is 8.70. The van der Waals surface area contributed by atoms with Crippen LogP contribution in [0.1, 0.15) is 85.4 Å². The number of aromatic nitrogens is 2. The van der Waals surface area contributed by atoms with Gasteiger partial charge in [-0.15, -0.1) is 0 Å². The number of benzene rings is 2. The number of nitrogens with two attached hydrogens (primary N) is 1. The summed E-state index contributed by atoms with van der Waals surface area (Å²) in [5.74, 6) is -0.705. The first-order chi connectivity index (χ1) is 17.4. The Labute approximate surface area is 219 Å². The molecule has 3 aromatic rings. The van der Waals surface area contributed by atoms with Crippen LogP contribution in [0.3, 0.4) is 0 Å². The van der Waals surface area contributed by atoms with E-state index in [1.165, 1.54) is 12.1 Å². The number of carbonyl (C=O) groups is 1. The molecule has 36 heavy (non-hydrogen) atoms. The fraction of sp³-hybridized carbons (Fsp3) is 0.393. The molecule has 1 saturated carbocycles. The smallest absolute Gasteiger partial charge is 0.254 e. The van der Waals surface area contributed by atoms with E-state index in [4.69, 9.17) is 10.7 Å². The van der Waals surface area contributed by atoms with E-state index in [1.807, 2.05) is 24.3 Å². The van der Waals surface area contributed by atoms with Gasteiger partial charge in [-0.1, -0.05) is 53.9 Å². The summed E-state index contributed by atoms with van der Waals surface area (Å²) in [4.78, 5) is 22.1. The van der Waals surface area contributed by atoms with E-state index in [1.54, 1.807) is 12.3 Å². The van der Waals surface area contributed by atoms with Crippen molar-refractivity contribution in [3.63, 3.8) is 0 Å². The lowest BCUT2D eigenvalue weighted by Crippen LogP contribution is -2.29. The lowest BCUT2D eigenvalue weighted by molar-refractivity contribution is 0.0930. The van der Waals surface area contributed by atoms with Gasteiger partial charge >= 0.3 is 0 Å². The highest BCUT2D eigenvalue weighted by molar-refractivity contribution is 9.10. The minimum Gasteiger partial charge on any atom is -0.393 e. The molecule has 4 rings (SSSR count). The molecule has 6 nitrogen and oxygen atoms in total. The van der Waals surface area contributed by atoms with Gasteiger partial charge in [0.1, 0.15) is 17.3 Å².